The smallest absolute Gasteiger partial charge is 0.166 e. The maximum atomic E-state index is 13.1. The standard InChI is InChI=1S/C18H16F6/c19-17(20,21)12-6-11(7-13(8-12)18(22,23)24)15-4-3-14-9-1-2-10(5-9)16(14)15/h1-2,6-10,14-16H,3-5H2/t9-,10+,14-,15?,16+/m1/s1. The van der Waals surface area contributed by atoms with Crippen LogP contribution in [0.3, 0.4) is 0 Å². The van der Waals surface area contributed by atoms with E-state index in [1.165, 1.54) is 0 Å². The third-order valence-corrected chi connectivity index (χ3v) is 6.00. The van der Waals surface area contributed by atoms with Gasteiger partial charge in [-0.2, -0.15) is 26.3 Å². The SMILES string of the molecule is FC(F)(F)c1cc(C2CC[C@H]3[C@@H]2[C@H]2C=C[C@@H]3C2)cc(C(F)(F)F)c1. The van der Waals surface area contributed by atoms with Crippen molar-refractivity contribution in [1.29, 1.82) is 0 Å². The Bertz CT molecular complexity index is 651. The van der Waals surface area contributed by atoms with Crippen molar-refractivity contribution < 1.29 is 26.3 Å². The zero-order chi connectivity index (χ0) is 17.3. The third-order valence-electron chi connectivity index (χ3n) is 6.00. The van der Waals surface area contributed by atoms with E-state index in [9.17, 15) is 26.3 Å². The van der Waals surface area contributed by atoms with Crippen LogP contribution in [0.15, 0.2) is 30.4 Å². The van der Waals surface area contributed by atoms with Crippen molar-refractivity contribution in [3.63, 3.8) is 0 Å². The van der Waals surface area contributed by atoms with Gasteiger partial charge in [-0.3, -0.25) is 0 Å². The molecule has 0 N–H and O–H groups in total. The number of hydrogen-bond acceptors (Lipinski definition) is 0. The lowest BCUT2D eigenvalue weighted by Gasteiger charge is -2.27. The molecule has 2 saturated carbocycles. The third kappa shape index (κ3) is 2.45. The first-order valence-electron chi connectivity index (χ1n) is 8.12. The Morgan fingerprint density at radius 3 is 1.92 bits per heavy atom. The van der Waals surface area contributed by atoms with Crippen molar-refractivity contribution in [3.8, 4) is 0 Å². The van der Waals surface area contributed by atoms with Crippen LogP contribution < -0.4 is 0 Å². The fourth-order valence-electron chi connectivity index (χ4n) is 5.11. The van der Waals surface area contributed by atoms with Crippen molar-refractivity contribution >= 4 is 0 Å². The van der Waals surface area contributed by atoms with E-state index in [2.05, 4.69) is 12.2 Å². The first kappa shape index (κ1) is 16.0. The topological polar surface area (TPSA) is 0 Å². The summed E-state index contributed by atoms with van der Waals surface area (Å²) in [5.74, 6) is 1.14. The molecule has 3 aliphatic rings. The Morgan fingerprint density at radius 1 is 0.750 bits per heavy atom. The van der Waals surface area contributed by atoms with E-state index < -0.39 is 23.5 Å². The lowest BCUT2D eigenvalue weighted by Crippen LogP contribution is -2.20. The Kier molecular flexibility index (Phi) is 3.35. The fraction of sp³-hybridized carbons (Fsp3) is 0.556. The van der Waals surface area contributed by atoms with Crippen molar-refractivity contribution in [3.05, 3.63) is 47.0 Å². The van der Waals surface area contributed by atoms with Crippen LogP contribution in [0.25, 0.3) is 0 Å². The van der Waals surface area contributed by atoms with Gasteiger partial charge in [0.2, 0.25) is 0 Å². The molecule has 0 radical (unpaired) electrons. The van der Waals surface area contributed by atoms with Gasteiger partial charge < -0.3 is 0 Å². The molecule has 24 heavy (non-hydrogen) atoms. The molecular formula is C18H16F6. The molecule has 1 aromatic carbocycles. The van der Waals surface area contributed by atoms with Gasteiger partial charge >= 0.3 is 12.4 Å². The fourth-order valence-corrected chi connectivity index (χ4v) is 5.11. The van der Waals surface area contributed by atoms with Crippen molar-refractivity contribution in [1.82, 2.24) is 0 Å². The lowest BCUT2D eigenvalue weighted by molar-refractivity contribution is -0.143. The normalized spacial score (nSPS) is 34.8. The van der Waals surface area contributed by atoms with Gasteiger partial charge in [-0.15, -0.1) is 0 Å². The average Bonchev–Trinajstić information content (AvgIpc) is 3.18. The largest absolute Gasteiger partial charge is 0.416 e. The molecule has 0 heterocycles. The molecule has 5 atom stereocenters. The Hall–Kier alpha value is -1.46. The van der Waals surface area contributed by atoms with Gasteiger partial charge in [0, 0.05) is 0 Å². The number of benzene rings is 1. The monoisotopic (exact) mass is 346 g/mol. The first-order valence-corrected chi connectivity index (χ1v) is 8.12. The maximum absolute atomic E-state index is 13.1. The summed E-state index contributed by atoms with van der Waals surface area (Å²) in [6.07, 6.45) is -2.73. The zero-order valence-corrected chi connectivity index (χ0v) is 12.7. The summed E-state index contributed by atoms with van der Waals surface area (Å²) in [6.45, 7) is 0. The number of rotatable bonds is 1. The molecule has 0 nitrogen and oxygen atoms in total. The van der Waals surface area contributed by atoms with Crippen molar-refractivity contribution in [2.24, 2.45) is 23.7 Å². The Balaban J connectivity index is 1.76. The van der Waals surface area contributed by atoms with E-state index in [4.69, 9.17) is 0 Å². The highest BCUT2D eigenvalue weighted by atomic mass is 19.4. The van der Waals surface area contributed by atoms with Gasteiger partial charge in [0.05, 0.1) is 11.1 Å². The van der Waals surface area contributed by atoms with Crippen LogP contribution in [0.1, 0.15) is 41.9 Å². The molecule has 130 valence electrons. The van der Waals surface area contributed by atoms with Crippen LogP contribution in [0.5, 0.6) is 0 Å². The maximum Gasteiger partial charge on any atom is 0.416 e. The summed E-state index contributed by atoms with van der Waals surface area (Å²) in [5.41, 5.74) is -2.20. The lowest BCUT2D eigenvalue weighted by atomic mass is 9.78. The second kappa shape index (κ2) is 5.02. The summed E-state index contributed by atoms with van der Waals surface area (Å²) < 4.78 is 78.4. The molecule has 0 amide bonds. The van der Waals surface area contributed by atoms with Gasteiger partial charge in [0.15, 0.2) is 0 Å². The van der Waals surface area contributed by atoms with Crippen LogP contribution in [0.2, 0.25) is 0 Å². The quantitative estimate of drug-likeness (QED) is 0.430. The van der Waals surface area contributed by atoms with E-state index in [1.807, 2.05) is 0 Å². The highest BCUT2D eigenvalue weighted by Gasteiger charge is 2.51. The molecule has 1 aromatic rings. The van der Waals surface area contributed by atoms with Crippen LogP contribution in [0, 0.1) is 23.7 Å². The minimum absolute atomic E-state index is 0.185. The summed E-state index contributed by atoms with van der Waals surface area (Å²) in [5, 5.41) is 0. The molecule has 0 aromatic heterocycles. The summed E-state index contributed by atoms with van der Waals surface area (Å²) in [6, 6.07) is 2.08. The van der Waals surface area contributed by atoms with E-state index in [0.717, 1.165) is 25.0 Å². The van der Waals surface area contributed by atoms with E-state index in [-0.39, 0.29) is 23.5 Å². The highest BCUT2D eigenvalue weighted by Crippen LogP contribution is 2.60. The van der Waals surface area contributed by atoms with Crippen molar-refractivity contribution in [2.45, 2.75) is 37.5 Å². The molecule has 6 heteroatoms. The molecular weight excluding hydrogens is 330 g/mol. The van der Waals surface area contributed by atoms with Crippen LogP contribution in [-0.4, -0.2) is 0 Å². The summed E-state index contributed by atoms with van der Waals surface area (Å²) in [7, 11) is 0. The van der Waals surface area contributed by atoms with Gasteiger partial charge in [0.1, 0.15) is 0 Å². The number of hydrogen-bond donors (Lipinski definition) is 0. The number of allylic oxidation sites excluding steroid dienone is 2. The van der Waals surface area contributed by atoms with E-state index in [1.54, 1.807) is 0 Å². The van der Waals surface area contributed by atoms with Crippen LogP contribution in [0.4, 0.5) is 26.3 Å². The average molecular weight is 346 g/mol. The molecule has 0 spiro atoms. The highest BCUT2D eigenvalue weighted by molar-refractivity contribution is 5.37. The number of halogens is 6. The Labute approximate surface area is 135 Å². The first-order chi connectivity index (χ1) is 11.1. The molecule has 0 saturated heterocycles. The summed E-state index contributed by atoms with van der Waals surface area (Å²) in [4.78, 5) is 0. The number of alkyl halides is 6. The molecule has 2 fully saturated rings. The van der Waals surface area contributed by atoms with E-state index >= 15 is 0 Å². The second-order valence-corrected chi connectivity index (χ2v) is 7.21. The van der Waals surface area contributed by atoms with Gasteiger partial charge in [0.25, 0.3) is 0 Å². The predicted molar refractivity (Wildman–Crippen MR) is 76.1 cm³/mol. The van der Waals surface area contributed by atoms with Gasteiger partial charge in [-0.1, -0.05) is 12.2 Å². The van der Waals surface area contributed by atoms with E-state index in [0.29, 0.717) is 24.2 Å². The molecule has 2 bridgehead atoms. The van der Waals surface area contributed by atoms with Crippen molar-refractivity contribution in [2.75, 3.05) is 0 Å². The Morgan fingerprint density at radius 2 is 1.33 bits per heavy atom. The molecule has 4 rings (SSSR count). The number of fused-ring (bicyclic) bond motifs is 5. The molecule has 3 aliphatic carbocycles. The van der Waals surface area contributed by atoms with Gasteiger partial charge in [-0.05, 0) is 72.6 Å². The van der Waals surface area contributed by atoms with Gasteiger partial charge in [-0.25, -0.2) is 0 Å². The summed E-state index contributed by atoms with van der Waals surface area (Å²) >= 11 is 0. The minimum atomic E-state index is -4.78. The second-order valence-electron chi connectivity index (χ2n) is 7.21. The molecule has 1 unspecified atom stereocenters. The predicted octanol–water partition coefficient (Wildman–Crippen LogP) is 6.04. The zero-order valence-electron chi connectivity index (χ0n) is 12.7. The van der Waals surface area contributed by atoms with Crippen LogP contribution >= 0.6 is 0 Å². The minimum Gasteiger partial charge on any atom is -0.166 e. The van der Waals surface area contributed by atoms with Crippen LogP contribution in [-0.2, 0) is 12.4 Å². The molecule has 0 aliphatic heterocycles.